The highest BCUT2D eigenvalue weighted by molar-refractivity contribution is 5.74. The van der Waals surface area contributed by atoms with Gasteiger partial charge in [0.05, 0.1) is 24.3 Å². The van der Waals surface area contributed by atoms with Gasteiger partial charge in [0, 0.05) is 13.1 Å². The number of anilines is 1. The summed E-state index contributed by atoms with van der Waals surface area (Å²) in [6.45, 7) is 3.48. The molecule has 2 rings (SSSR count). The zero-order valence-electron chi connectivity index (χ0n) is 11.3. The van der Waals surface area contributed by atoms with Crippen molar-refractivity contribution in [2.24, 2.45) is 5.92 Å². The van der Waals surface area contributed by atoms with Gasteiger partial charge in [-0.2, -0.15) is 5.26 Å². The van der Waals surface area contributed by atoms with Crippen molar-refractivity contribution in [1.29, 1.82) is 5.26 Å². The van der Waals surface area contributed by atoms with Crippen molar-refractivity contribution in [3.8, 4) is 6.07 Å². The first-order valence-electron chi connectivity index (χ1n) is 6.49. The highest BCUT2D eigenvalue weighted by Gasteiger charge is 2.27. The summed E-state index contributed by atoms with van der Waals surface area (Å²) in [5, 5.41) is 9.23. The second-order valence-corrected chi connectivity index (χ2v) is 4.94. The third-order valence-electron chi connectivity index (χ3n) is 3.57. The summed E-state index contributed by atoms with van der Waals surface area (Å²) in [7, 11) is 1.42. The lowest BCUT2D eigenvalue weighted by Crippen LogP contribution is -2.39. The first kappa shape index (κ1) is 13.4. The summed E-state index contributed by atoms with van der Waals surface area (Å²) in [4.78, 5) is 13.8. The molecule has 4 nitrogen and oxygen atoms in total. The molecular weight excluding hydrogens is 240 g/mol. The Morgan fingerprint density at radius 3 is 3.00 bits per heavy atom. The molecule has 0 aliphatic carbocycles. The molecule has 1 unspecified atom stereocenters. The average Bonchev–Trinajstić information content (AvgIpc) is 2.46. The fraction of sp³-hybridized carbons (Fsp3) is 0.467. The van der Waals surface area contributed by atoms with Crippen LogP contribution in [0.25, 0.3) is 0 Å². The zero-order chi connectivity index (χ0) is 13.8. The number of hydrogen-bond donors (Lipinski definition) is 0. The van der Waals surface area contributed by atoms with Crippen LogP contribution in [0.5, 0.6) is 0 Å². The first-order valence-corrected chi connectivity index (χ1v) is 6.49. The number of carbonyl (C=O) groups excluding carboxylic acids is 1. The number of nitriles is 1. The van der Waals surface area contributed by atoms with E-state index in [1.165, 1.54) is 7.11 Å². The minimum Gasteiger partial charge on any atom is -0.469 e. The van der Waals surface area contributed by atoms with E-state index in [-0.39, 0.29) is 11.9 Å². The van der Waals surface area contributed by atoms with Gasteiger partial charge in [-0.1, -0.05) is 6.07 Å². The van der Waals surface area contributed by atoms with E-state index in [2.05, 4.69) is 11.0 Å². The fourth-order valence-electron chi connectivity index (χ4n) is 2.57. The van der Waals surface area contributed by atoms with Gasteiger partial charge in [0.2, 0.25) is 0 Å². The van der Waals surface area contributed by atoms with E-state index in [4.69, 9.17) is 4.74 Å². The lowest BCUT2D eigenvalue weighted by molar-refractivity contribution is -0.145. The van der Waals surface area contributed by atoms with Gasteiger partial charge in [0.15, 0.2) is 0 Å². The Labute approximate surface area is 113 Å². The molecule has 100 valence electrons. The van der Waals surface area contributed by atoms with Crippen LogP contribution in [0, 0.1) is 24.2 Å². The van der Waals surface area contributed by atoms with Crippen molar-refractivity contribution in [1.82, 2.24) is 0 Å². The number of methoxy groups -OCH3 is 1. The highest BCUT2D eigenvalue weighted by atomic mass is 16.5. The van der Waals surface area contributed by atoms with Crippen LogP contribution < -0.4 is 4.90 Å². The van der Waals surface area contributed by atoms with E-state index in [0.717, 1.165) is 30.6 Å². The van der Waals surface area contributed by atoms with E-state index >= 15 is 0 Å². The number of carbonyl (C=O) groups is 1. The third-order valence-corrected chi connectivity index (χ3v) is 3.57. The van der Waals surface area contributed by atoms with Crippen LogP contribution in [0.2, 0.25) is 0 Å². The van der Waals surface area contributed by atoms with Crippen molar-refractivity contribution in [3.63, 3.8) is 0 Å². The Morgan fingerprint density at radius 1 is 1.53 bits per heavy atom. The van der Waals surface area contributed by atoms with E-state index in [0.29, 0.717) is 12.1 Å². The summed E-state index contributed by atoms with van der Waals surface area (Å²) < 4.78 is 4.82. The molecule has 1 atom stereocenters. The average molecular weight is 258 g/mol. The maximum atomic E-state index is 11.6. The van der Waals surface area contributed by atoms with E-state index in [9.17, 15) is 10.1 Å². The highest BCUT2D eigenvalue weighted by Crippen LogP contribution is 2.27. The topological polar surface area (TPSA) is 53.3 Å². The van der Waals surface area contributed by atoms with Gasteiger partial charge >= 0.3 is 5.97 Å². The molecule has 0 N–H and O–H groups in total. The Hall–Kier alpha value is -2.02. The van der Waals surface area contributed by atoms with Crippen LogP contribution in [0.1, 0.15) is 24.0 Å². The van der Waals surface area contributed by atoms with Crippen molar-refractivity contribution in [3.05, 3.63) is 29.3 Å². The van der Waals surface area contributed by atoms with Crippen LogP contribution in [-0.2, 0) is 9.53 Å². The second-order valence-electron chi connectivity index (χ2n) is 4.94. The Kier molecular flexibility index (Phi) is 4.06. The maximum Gasteiger partial charge on any atom is 0.310 e. The molecule has 1 heterocycles. The molecule has 4 heteroatoms. The van der Waals surface area contributed by atoms with E-state index in [1.807, 2.05) is 25.1 Å². The van der Waals surface area contributed by atoms with Crippen molar-refractivity contribution in [2.45, 2.75) is 19.8 Å². The summed E-state index contributed by atoms with van der Waals surface area (Å²) in [6.07, 6.45) is 1.80. The van der Waals surface area contributed by atoms with E-state index in [1.54, 1.807) is 0 Å². The summed E-state index contributed by atoms with van der Waals surface area (Å²) >= 11 is 0. The Bertz CT molecular complexity index is 519. The normalized spacial score (nSPS) is 18.8. The molecule has 1 saturated heterocycles. The van der Waals surface area contributed by atoms with Gasteiger partial charge in [-0.3, -0.25) is 4.79 Å². The molecule has 0 spiro atoms. The lowest BCUT2D eigenvalue weighted by Gasteiger charge is -2.33. The van der Waals surface area contributed by atoms with Gasteiger partial charge in [0.1, 0.15) is 6.07 Å². The third kappa shape index (κ3) is 2.87. The molecule has 0 aromatic heterocycles. The van der Waals surface area contributed by atoms with Crippen LogP contribution >= 0.6 is 0 Å². The molecule has 1 fully saturated rings. The van der Waals surface area contributed by atoms with Crippen LogP contribution in [0.3, 0.4) is 0 Å². The summed E-state index contributed by atoms with van der Waals surface area (Å²) in [5.41, 5.74) is 2.66. The molecule has 0 radical (unpaired) electrons. The monoisotopic (exact) mass is 258 g/mol. The fourth-order valence-corrected chi connectivity index (χ4v) is 2.57. The lowest BCUT2D eigenvalue weighted by atomic mass is 9.97. The zero-order valence-corrected chi connectivity index (χ0v) is 11.3. The number of esters is 1. The molecule has 1 aliphatic heterocycles. The minimum atomic E-state index is -0.157. The van der Waals surface area contributed by atoms with Crippen LogP contribution in [0.15, 0.2) is 18.2 Å². The molecule has 1 aromatic carbocycles. The predicted octanol–water partition coefficient (Wildman–Crippen LogP) is 2.26. The molecular formula is C15H18N2O2. The quantitative estimate of drug-likeness (QED) is 0.763. The number of nitrogens with zero attached hydrogens (tertiary/aromatic N) is 2. The summed E-state index contributed by atoms with van der Waals surface area (Å²) in [5.74, 6) is -0.248. The second kappa shape index (κ2) is 5.75. The van der Waals surface area contributed by atoms with E-state index < -0.39 is 0 Å². The number of aryl methyl sites for hydroxylation is 1. The van der Waals surface area contributed by atoms with Gasteiger partial charge in [-0.25, -0.2) is 0 Å². The Morgan fingerprint density at radius 2 is 2.32 bits per heavy atom. The maximum absolute atomic E-state index is 11.6. The van der Waals surface area contributed by atoms with Gasteiger partial charge in [-0.15, -0.1) is 0 Å². The van der Waals surface area contributed by atoms with Crippen LogP contribution in [-0.4, -0.2) is 26.2 Å². The van der Waals surface area contributed by atoms with Crippen molar-refractivity contribution < 1.29 is 9.53 Å². The SMILES string of the molecule is COC(=O)C1CCCN(c2ccc(C)cc2C#N)C1. The van der Waals surface area contributed by atoms with Crippen LogP contribution in [0.4, 0.5) is 5.69 Å². The molecule has 0 bridgehead atoms. The van der Waals surface area contributed by atoms with Gasteiger partial charge < -0.3 is 9.64 Å². The minimum absolute atomic E-state index is 0.0911. The van der Waals surface area contributed by atoms with Crippen molar-refractivity contribution in [2.75, 3.05) is 25.1 Å². The number of benzene rings is 1. The number of hydrogen-bond acceptors (Lipinski definition) is 4. The first-order chi connectivity index (χ1) is 9.15. The molecule has 19 heavy (non-hydrogen) atoms. The molecule has 1 aliphatic rings. The largest absolute Gasteiger partial charge is 0.469 e. The predicted molar refractivity (Wildman–Crippen MR) is 72.8 cm³/mol. The molecule has 1 aromatic rings. The number of ether oxygens (including phenoxy) is 1. The van der Waals surface area contributed by atoms with Gasteiger partial charge in [0.25, 0.3) is 0 Å². The number of rotatable bonds is 2. The Balaban J connectivity index is 2.22. The molecule has 0 saturated carbocycles. The standard InChI is InChI=1S/C15H18N2O2/c1-11-5-6-14(13(8-11)9-16)17-7-3-4-12(10-17)15(18)19-2/h5-6,8,12H,3-4,7,10H2,1-2H3. The van der Waals surface area contributed by atoms with Gasteiger partial charge in [-0.05, 0) is 37.5 Å². The smallest absolute Gasteiger partial charge is 0.310 e. The summed E-state index contributed by atoms with van der Waals surface area (Å²) in [6, 6.07) is 8.08. The van der Waals surface area contributed by atoms with Crippen molar-refractivity contribution >= 4 is 11.7 Å². The molecule has 0 amide bonds. The number of piperidine rings is 1.